The maximum atomic E-state index is 13.1. The number of likely N-dealkylation sites (tertiary alicyclic amines) is 2. The topological polar surface area (TPSA) is 50.5 Å². The highest BCUT2D eigenvalue weighted by molar-refractivity contribution is 5.89. The number of nitrogens with zero attached hydrogens (tertiary/aromatic N) is 4. The molecule has 3 aromatic rings. The third-order valence-corrected chi connectivity index (χ3v) is 8.08. The van der Waals surface area contributed by atoms with E-state index in [4.69, 9.17) is 0 Å². The Morgan fingerprint density at radius 3 is 2.59 bits per heavy atom. The van der Waals surface area contributed by atoms with Crippen molar-refractivity contribution in [2.45, 2.75) is 57.7 Å². The number of aromatic nitrogens is 2. The molecule has 178 valence electrons. The zero-order valence-electron chi connectivity index (χ0n) is 19.9. The van der Waals surface area contributed by atoms with Crippen LogP contribution in [0.5, 0.6) is 0 Å². The van der Waals surface area contributed by atoms with Gasteiger partial charge >= 0.3 is 0 Å². The van der Waals surface area contributed by atoms with Crippen LogP contribution >= 0.6 is 0 Å². The highest BCUT2D eigenvalue weighted by Gasteiger charge is 2.34. The SMILES string of the molecule is O=C(Cc1cn(CN2C[C@H]3C[C@@H](C2)c2cccc(=O)n2C3)c2ccccc12)N1CCCCCC1. The summed E-state index contributed by atoms with van der Waals surface area (Å²) in [5.74, 6) is 1.18. The van der Waals surface area contributed by atoms with Crippen LogP contribution in [0.15, 0.2) is 53.5 Å². The summed E-state index contributed by atoms with van der Waals surface area (Å²) in [6.45, 7) is 5.42. The van der Waals surface area contributed by atoms with Crippen molar-refractivity contribution in [2.24, 2.45) is 5.92 Å². The third kappa shape index (κ3) is 4.09. The molecule has 0 unspecified atom stereocenters. The lowest BCUT2D eigenvalue weighted by molar-refractivity contribution is -0.130. The average Bonchev–Trinajstić information content (AvgIpc) is 3.00. The van der Waals surface area contributed by atoms with Gasteiger partial charge in [0.05, 0.1) is 13.1 Å². The molecule has 6 rings (SSSR count). The van der Waals surface area contributed by atoms with Crippen LogP contribution in [0, 0.1) is 5.92 Å². The van der Waals surface area contributed by atoms with E-state index < -0.39 is 0 Å². The van der Waals surface area contributed by atoms with Crippen LogP contribution in [0.1, 0.15) is 49.3 Å². The number of carbonyl (C=O) groups excluding carboxylic acids is 1. The number of pyridine rings is 1. The predicted molar refractivity (Wildman–Crippen MR) is 134 cm³/mol. The lowest BCUT2D eigenvalue weighted by Gasteiger charge is -2.42. The molecule has 3 aliphatic heterocycles. The Kier molecular flexibility index (Phi) is 5.77. The van der Waals surface area contributed by atoms with Gasteiger partial charge in [0.25, 0.3) is 5.56 Å². The summed E-state index contributed by atoms with van der Waals surface area (Å²) in [5.41, 5.74) is 3.66. The van der Waals surface area contributed by atoms with E-state index in [2.05, 4.69) is 50.9 Å². The van der Waals surface area contributed by atoms with Gasteiger partial charge in [-0.2, -0.15) is 0 Å². The van der Waals surface area contributed by atoms with E-state index in [0.717, 1.165) is 57.8 Å². The predicted octanol–water partition coefficient (Wildman–Crippen LogP) is 3.82. The average molecular weight is 459 g/mol. The summed E-state index contributed by atoms with van der Waals surface area (Å²) in [6.07, 6.45) is 8.58. The van der Waals surface area contributed by atoms with Gasteiger partial charge in [-0.3, -0.25) is 14.5 Å². The second-order valence-electron chi connectivity index (χ2n) is 10.5. The van der Waals surface area contributed by atoms with E-state index in [1.54, 1.807) is 6.07 Å². The molecule has 2 atom stereocenters. The zero-order valence-corrected chi connectivity index (χ0v) is 19.9. The molecule has 6 heteroatoms. The van der Waals surface area contributed by atoms with Crippen molar-refractivity contribution in [1.29, 1.82) is 0 Å². The molecule has 0 radical (unpaired) electrons. The Balaban J connectivity index is 1.23. The fourth-order valence-electron chi connectivity index (χ4n) is 6.50. The second-order valence-corrected chi connectivity index (χ2v) is 10.5. The molecular weight excluding hydrogens is 424 g/mol. The van der Waals surface area contributed by atoms with E-state index in [-0.39, 0.29) is 11.5 Å². The van der Waals surface area contributed by atoms with Crippen LogP contribution in [0.2, 0.25) is 0 Å². The van der Waals surface area contributed by atoms with Crippen molar-refractivity contribution >= 4 is 16.8 Å². The van der Waals surface area contributed by atoms with Crippen molar-refractivity contribution in [1.82, 2.24) is 18.9 Å². The molecule has 0 aliphatic carbocycles. The van der Waals surface area contributed by atoms with Crippen molar-refractivity contribution in [3.05, 3.63) is 70.3 Å². The first kappa shape index (κ1) is 21.7. The second kappa shape index (κ2) is 9.06. The van der Waals surface area contributed by atoms with Crippen LogP contribution in [-0.2, 0) is 24.4 Å². The molecule has 6 nitrogen and oxygen atoms in total. The van der Waals surface area contributed by atoms with Gasteiger partial charge in [0.1, 0.15) is 0 Å². The van der Waals surface area contributed by atoms with Crippen molar-refractivity contribution in [2.75, 3.05) is 26.2 Å². The first-order valence-corrected chi connectivity index (χ1v) is 12.9. The standard InChI is InChI=1S/C28H34N4O2/c33-27-11-7-10-25-23-14-21(17-32(25)27)16-29(18-23)20-31-19-22(24-8-3-4-9-26(24)31)15-28(34)30-12-5-1-2-6-13-30/h3-4,7-11,19,21,23H,1-2,5-6,12-18,20H2/t21-,23+/m1/s1. The quantitative estimate of drug-likeness (QED) is 0.597. The monoisotopic (exact) mass is 458 g/mol. The molecule has 2 saturated heterocycles. The van der Waals surface area contributed by atoms with Crippen molar-refractivity contribution < 1.29 is 4.79 Å². The number of para-hydroxylation sites is 1. The van der Waals surface area contributed by atoms with E-state index in [9.17, 15) is 9.59 Å². The maximum Gasteiger partial charge on any atom is 0.250 e. The van der Waals surface area contributed by atoms with Crippen molar-refractivity contribution in [3.63, 3.8) is 0 Å². The Morgan fingerprint density at radius 2 is 1.74 bits per heavy atom. The van der Waals surface area contributed by atoms with Crippen LogP contribution < -0.4 is 5.56 Å². The molecule has 1 amide bonds. The molecule has 0 spiro atoms. The molecule has 3 aliphatic rings. The third-order valence-electron chi connectivity index (χ3n) is 8.08. The number of benzene rings is 1. The van der Waals surface area contributed by atoms with Crippen LogP contribution in [-0.4, -0.2) is 51.0 Å². The molecule has 2 bridgehead atoms. The highest BCUT2D eigenvalue weighted by atomic mass is 16.2. The number of hydrogen-bond acceptors (Lipinski definition) is 3. The summed E-state index contributed by atoms with van der Waals surface area (Å²) < 4.78 is 4.33. The normalized spacial score (nSPS) is 23.0. The number of hydrogen-bond donors (Lipinski definition) is 0. The van der Waals surface area contributed by atoms with Crippen LogP contribution in [0.3, 0.4) is 0 Å². The summed E-state index contributed by atoms with van der Waals surface area (Å²) in [5, 5.41) is 1.19. The molecule has 2 fully saturated rings. The Hall–Kier alpha value is -2.86. The highest BCUT2D eigenvalue weighted by Crippen LogP contribution is 2.35. The molecule has 0 saturated carbocycles. The molecule has 34 heavy (non-hydrogen) atoms. The smallest absolute Gasteiger partial charge is 0.250 e. The minimum Gasteiger partial charge on any atom is -0.342 e. The van der Waals surface area contributed by atoms with Crippen LogP contribution in [0.25, 0.3) is 10.9 Å². The molecule has 5 heterocycles. The first-order valence-electron chi connectivity index (χ1n) is 12.9. The summed E-state index contributed by atoms with van der Waals surface area (Å²) >= 11 is 0. The Morgan fingerprint density at radius 1 is 0.912 bits per heavy atom. The molecule has 0 N–H and O–H groups in total. The number of piperidine rings is 1. The summed E-state index contributed by atoms with van der Waals surface area (Å²) in [7, 11) is 0. The van der Waals surface area contributed by atoms with E-state index >= 15 is 0 Å². The van der Waals surface area contributed by atoms with Gasteiger partial charge in [0.2, 0.25) is 5.91 Å². The Labute approximate surface area is 200 Å². The maximum absolute atomic E-state index is 13.1. The Bertz CT molecular complexity index is 1250. The summed E-state index contributed by atoms with van der Waals surface area (Å²) in [6, 6.07) is 14.2. The zero-order chi connectivity index (χ0) is 23.1. The number of amides is 1. The van der Waals surface area contributed by atoms with Gasteiger partial charge in [-0.1, -0.05) is 37.1 Å². The lowest BCUT2D eigenvalue weighted by Crippen LogP contribution is -2.47. The number of fused-ring (bicyclic) bond motifs is 5. The fourth-order valence-corrected chi connectivity index (χ4v) is 6.50. The summed E-state index contributed by atoms with van der Waals surface area (Å²) in [4.78, 5) is 30.1. The number of rotatable bonds is 4. The van der Waals surface area contributed by atoms with Gasteiger partial charge in [-0.25, -0.2) is 0 Å². The fraction of sp³-hybridized carbons (Fsp3) is 0.500. The van der Waals surface area contributed by atoms with E-state index in [0.29, 0.717) is 18.3 Å². The molecular formula is C28H34N4O2. The van der Waals surface area contributed by atoms with Gasteiger partial charge in [-0.15, -0.1) is 0 Å². The largest absolute Gasteiger partial charge is 0.342 e. The van der Waals surface area contributed by atoms with Gasteiger partial charge in [-0.05, 0) is 42.9 Å². The van der Waals surface area contributed by atoms with E-state index in [1.807, 2.05) is 10.6 Å². The molecule has 2 aromatic heterocycles. The van der Waals surface area contributed by atoms with Gasteiger partial charge in [0, 0.05) is 67.5 Å². The van der Waals surface area contributed by atoms with E-state index in [1.165, 1.54) is 35.9 Å². The minimum absolute atomic E-state index is 0.135. The lowest BCUT2D eigenvalue weighted by atomic mass is 9.83. The van der Waals surface area contributed by atoms with Crippen LogP contribution in [0.4, 0.5) is 0 Å². The number of carbonyl (C=O) groups is 1. The first-order chi connectivity index (χ1) is 16.7. The minimum atomic E-state index is 0.135. The van der Waals surface area contributed by atoms with Gasteiger partial charge < -0.3 is 14.0 Å². The van der Waals surface area contributed by atoms with Crippen molar-refractivity contribution in [3.8, 4) is 0 Å². The van der Waals surface area contributed by atoms with Gasteiger partial charge in [0.15, 0.2) is 0 Å². The molecule has 1 aromatic carbocycles.